The van der Waals surface area contributed by atoms with Crippen molar-refractivity contribution in [2.75, 3.05) is 0 Å². The van der Waals surface area contributed by atoms with Crippen LogP contribution in [0.4, 0.5) is 0 Å². The van der Waals surface area contributed by atoms with Crippen LogP contribution in [0.25, 0.3) is 0 Å². The van der Waals surface area contributed by atoms with E-state index in [0.717, 1.165) is 5.56 Å². The van der Waals surface area contributed by atoms with Crippen molar-refractivity contribution in [3.63, 3.8) is 0 Å². The summed E-state index contributed by atoms with van der Waals surface area (Å²) in [6.45, 7) is 1.89. The van der Waals surface area contributed by atoms with Crippen LogP contribution in [0.5, 0.6) is 0 Å². The number of Topliss-reactive ketones (excluding diaryl/α,β-unsaturated/α-hetero) is 1. The third-order valence-corrected chi connectivity index (χ3v) is 2.26. The maximum atomic E-state index is 11.2. The minimum atomic E-state index is -0.972. The molecule has 1 atom stereocenters. The molecule has 4 heteroatoms. The second-order valence-corrected chi connectivity index (χ2v) is 3.63. The molecule has 0 aliphatic heterocycles. The van der Waals surface area contributed by atoms with Crippen LogP contribution >= 0.6 is 0 Å². The molecule has 0 aromatic heterocycles. The summed E-state index contributed by atoms with van der Waals surface area (Å²) in [5, 5.41) is 11.6. The predicted molar refractivity (Wildman–Crippen MR) is 60.0 cm³/mol. The molecule has 0 amide bonds. The second kappa shape index (κ2) is 6.02. The second-order valence-electron chi connectivity index (χ2n) is 3.63. The summed E-state index contributed by atoms with van der Waals surface area (Å²) in [5.41, 5.74) is 1.03. The van der Waals surface area contributed by atoms with Crippen LogP contribution < -0.4 is 5.32 Å². The summed E-state index contributed by atoms with van der Waals surface area (Å²) in [4.78, 5) is 21.7. The topological polar surface area (TPSA) is 66.4 Å². The third-order valence-electron chi connectivity index (χ3n) is 2.26. The Labute approximate surface area is 94.3 Å². The van der Waals surface area contributed by atoms with Gasteiger partial charge in [-0.3, -0.25) is 9.59 Å². The lowest BCUT2D eigenvalue weighted by Gasteiger charge is -2.13. The molecule has 1 rings (SSSR count). The highest BCUT2D eigenvalue weighted by Crippen LogP contribution is 2.00. The molecule has 0 fully saturated rings. The maximum absolute atomic E-state index is 11.2. The number of ketones is 1. The summed E-state index contributed by atoms with van der Waals surface area (Å²) < 4.78 is 0. The van der Waals surface area contributed by atoms with E-state index in [-0.39, 0.29) is 12.2 Å². The SMILES string of the molecule is CC(=O)[C@H](CC(=O)O)NCc1ccccc1. The van der Waals surface area contributed by atoms with Gasteiger partial charge in [-0.2, -0.15) is 0 Å². The molecule has 0 bridgehead atoms. The zero-order chi connectivity index (χ0) is 12.0. The van der Waals surface area contributed by atoms with Gasteiger partial charge in [0, 0.05) is 6.54 Å². The van der Waals surface area contributed by atoms with Gasteiger partial charge in [0.1, 0.15) is 5.78 Å². The van der Waals surface area contributed by atoms with Gasteiger partial charge in [-0.25, -0.2) is 0 Å². The Morgan fingerprint density at radius 2 is 1.94 bits per heavy atom. The summed E-state index contributed by atoms with van der Waals surface area (Å²) in [6.07, 6.45) is -0.178. The number of carbonyl (C=O) groups is 2. The first-order chi connectivity index (χ1) is 7.59. The number of rotatable bonds is 6. The van der Waals surface area contributed by atoms with Crippen LogP contribution in [0, 0.1) is 0 Å². The van der Waals surface area contributed by atoms with Gasteiger partial charge in [0.15, 0.2) is 0 Å². The summed E-state index contributed by atoms with van der Waals surface area (Å²) in [6, 6.07) is 8.94. The van der Waals surface area contributed by atoms with Gasteiger partial charge < -0.3 is 10.4 Å². The average molecular weight is 221 g/mol. The van der Waals surface area contributed by atoms with E-state index in [9.17, 15) is 9.59 Å². The van der Waals surface area contributed by atoms with Gasteiger partial charge in [0.25, 0.3) is 0 Å². The number of benzene rings is 1. The lowest BCUT2D eigenvalue weighted by molar-refractivity contribution is -0.139. The zero-order valence-corrected chi connectivity index (χ0v) is 9.14. The number of carboxylic acids is 1. The monoisotopic (exact) mass is 221 g/mol. The van der Waals surface area contributed by atoms with Crippen molar-refractivity contribution in [1.82, 2.24) is 5.32 Å². The van der Waals surface area contributed by atoms with E-state index >= 15 is 0 Å². The molecule has 0 heterocycles. The largest absolute Gasteiger partial charge is 0.481 e. The first kappa shape index (κ1) is 12.4. The van der Waals surface area contributed by atoms with Crippen molar-refractivity contribution in [3.8, 4) is 0 Å². The Balaban J connectivity index is 2.50. The molecule has 2 N–H and O–H groups in total. The molecule has 1 aromatic carbocycles. The van der Waals surface area contributed by atoms with Crippen molar-refractivity contribution in [1.29, 1.82) is 0 Å². The molecule has 0 radical (unpaired) electrons. The molecule has 16 heavy (non-hydrogen) atoms. The highest BCUT2D eigenvalue weighted by molar-refractivity contribution is 5.85. The van der Waals surface area contributed by atoms with Crippen LogP contribution in [0.2, 0.25) is 0 Å². The van der Waals surface area contributed by atoms with Crippen LogP contribution in [-0.4, -0.2) is 22.9 Å². The van der Waals surface area contributed by atoms with Gasteiger partial charge >= 0.3 is 5.97 Å². The van der Waals surface area contributed by atoms with E-state index in [0.29, 0.717) is 6.54 Å². The Hall–Kier alpha value is -1.68. The average Bonchev–Trinajstić information content (AvgIpc) is 2.25. The molecule has 4 nitrogen and oxygen atoms in total. The number of hydrogen-bond acceptors (Lipinski definition) is 3. The smallest absolute Gasteiger partial charge is 0.305 e. The van der Waals surface area contributed by atoms with Crippen molar-refractivity contribution in [2.24, 2.45) is 0 Å². The van der Waals surface area contributed by atoms with Gasteiger partial charge in [-0.1, -0.05) is 30.3 Å². The molecule has 0 aliphatic rings. The Bertz CT molecular complexity index is 362. The Kier molecular flexibility index (Phi) is 4.66. The molecule has 0 aliphatic carbocycles. The highest BCUT2D eigenvalue weighted by Gasteiger charge is 2.16. The van der Waals surface area contributed by atoms with E-state index in [1.165, 1.54) is 6.92 Å². The first-order valence-corrected chi connectivity index (χ1v) is 5.09. The Morgan fingerprint density at radius 3 is 2.44 bits per heavy atom. The van der Waals surface area contributed by atoms with E-state index in [1.54, 1.807) is 0 Å². The van der Waals surface area contributed by atoms with Gasteiger partial charge in [0.2, 0.25) is 0 Å². The molecule has 0 unspecified atom stereocenters. The van der Waals surface area contributed by atoms with E-state index in [2.05, 4.69) is 5.32 Å². The predicted octanol–water partition coefficient (Wildman–Crippen LogP) is 1.21. The lowest BCUT2D eigenvalue weighted by Crippen LogP contribution is -2.36. The summed E-state index contributed by atoms with van der Waals surface area (Å²) in [5.74, 6) is -1.13. The maximum Gasteiger partial charge on any atom is 0.305 e. The summed E-state index contributed by atoms with van der Waals surface area (Å²) >= 11 is 0. The normalized spacial score (nSPS) is 12.1. The standard InChI is InChI=1S/C12H15NO3/c1-9(14)11(7-12(15)16)13-8-10-5-3-2-4-6-10/h2-6,11,13H,7-8H2,1H3,(H,15,16)/t11-/m0/s1. The number of hydrogen-bond donors (Lipinski definition) is 2. The Morgan fingerprint density at radius 1 is 1.31 bits per heavy atom. The molecular weight excluding hydrogens is 206 g/mol. The van der Waals surface area contributed by atoms with E-state index < -0.39 is 12.0 Å². The number of carbonyl (C=O) groups excluding carboxylic acids is 1. The van der Waals surface area contributed by atoms with Crippen molar-refractivity contribution < 1.29 is 14.7 Å². The van der Waals surface area contributed by atoms with Crippen LogP contribution in [0.15, 0.2) is 30.3 Å². The minimum Gasteiger partial charge on any atom is -0.481 e. The van der Waals surface area contributed by atoms with Crippen LogP contribution in [-0.2, 0) is 16.1 Å². The zero-order valence-electron chi connectivity index (χ0n) is 9.14. The van der Waals surface area contributed by atoms with Gasteiger partial charge in [-0.05, 0) is 12.5 Å². The molecule has 0 saturated carbocycles. The fraction of sp³-hybridized carbons (Fsp3) is 0.333. The first-order valence-electron chi connectivity index (χ1n) is 5.09. The van der Waals surface area contributed by atoms with Crippen molar-refractivity contribution in [3.05, 3.63) is 35.9 Å². The number of carboxylic acid groups (broad SMARTS) is 1. The molecular formula is C12H15NO3. The minimum absolute atomic E-state index is 0.154. The fourth-order valence-electron chi connectivity index (χ4n) is 1.37. The van der Waals surface area contributed by atoms with Crippen molar-refractivity contribution in [2.45, 2.75) is 25.9 Å². The molecule has 86 valence electrons. The molecule has 0 spiro atoms. The van der Waals surface area contributed by atoms with Crippen LogP contribution in [0.1, 0.15) is 18.9 Å². The van der Waals surface area contributed by atoms with Crippen molar-refractivity contribution >= 4 is 11.8 Å². The highest BCUT2D eigenvalue weighted by atomic mass is 16.4. The molecule has 1 aromatic rings. The lowest BCUT2D eigenvalue weighted by atomic mass is 10.1. The van der Waals surface area contributed by atoms with Gasteiger partial charge in [-0.15, -0.1) is 0 Å². The van der Waals surface area contributed by atoms with Gasteiger partial charge in [0.05, 0.1) is 12.5 Å². The van der Waals surface area contributed by atoms with E-state index in [4.69, 9.17) is 5.11 Å². The fourth-order valence-corrected chi connectivity index (χ4v) is 1.37. The van der Waals surface area contributed by atoms with Crippen LogP contribution in [0.3, 0.4) is 0 Å². The number of aliphatic carboxylic acids is 1. The van der Waals surface area contributed by atoms with E-state index in [1.807, 2.05) is 30.3 Å². The quantitative estimate of drug-likeness (QED) is 0.757. The third kappa shape index (κ3) is 4.23. The molecule has 0 saturated heterocycles. The number of nitrogens with one attached hydrogen (secondary N) is 1. The summed E-state index contributed by atoms with van der Waals surface area (Å²) in [7, 11) is 0.